The first-order valence-corrected chi connectivity index (χ1v) is 9.84. The summed E-state index contributed by atoms with van der Waals surface area (Å²) < 4.78 is 0.591. The van der Waals surface area contributed by atoms with Gasteiger partial charge in [-0.05, 0) is 35.1 Å². The molecule has 0 bridgehead atoms. The van der Waals surface area contributed by atoms with Gasteiger partial charge in [0.25, 0.3) is 5.56 Å². The summed E-state index contributed by atoms with van der Waals surface area (Å²) in [5.74, 6) is 0.653. The minimum absolute atomic E-state index is 0.149. The number of H-pyrrole nitrogens is 1. The summed E-state index contributed by atoms with van der Waals surface area (Å²) >= 11 is 7.31. The van der Waals surface area contributed by atoms with Crippen LogP contribution in [0.4, 0.5) is 4.79 Å². The van der Waals surface area contributed by atoms with Gasteiger partial charge in [-0.3, -0.25) is 4.79 Å². The first-order chi connectivity index (χ1) is 12.8. The number of carbonyl (C=O) groups excluding carboxylic acids is 1. The first-order valence-electron chi connectivity index (χ1n) is 8.58. The largest absolute Gasteiger partial charge is 0.331 e. The molecule has 6 nitrogen and oxygen atoms in total. The number of nitrogens with zero attached hydrogens (tertiary/aromatic N) is 2. The van der Waals surface area contributed by atoms with Crippen LogP contribution in [0, 0.1) is 5.92 Å². The monoisotopic (exact) mass is 404 g/mol. The third kappa shape index (κ3) is 4.48. The molecule has 1 atom stereocenters. The van der Waals surface area contributed by atoms with Crippen molar-refractivity contribution in [3.05, 3.63) is 62.5 Å². The van der Waals surface area contributed by atoms with Crippen LogP contribution in [-0.4, -0.2) is 27.9 Å². The van der Waals surface area contributed by atoms with Crippen LogP contribution in [0.15, 0.2) is 40.5 Å². The predicted molar refractivity (Wildman–Crippen MR) is 109 cm³/mol. The van der Waals surface area contributed by atoms with Crippen molar-refractivity contribution in [3.8, 4) is 0 Å². The van der Waals surface area contributed by atoms with Crippen LogP contribution in [0.5, 0.6) is 0 Å². The second kappa shape index (κ2) is 8.10. The van der Waals surface area contributed by atoms with E-state index < -0.39 is 0 Å². The molecular weight excluding hydrogens is 384 g/mol. The molecule has 1 unspecified atom stereocenters. The SMILES string of the molecule is CC(C)C(NC(=O)N(C)Cc1nc2ccsc2c(=O)[nH]1)c1ccc(Cl)cc1. The predicted octanol–water partition coefficient (Wildman–Crippen LogP) is 4.18. The number of urea groups is 1. The van der Waals surface area contributed by atoms with Gasteiger partial charge in [-0.25, -0.2) is 9.78 Å². The molecule has 0 saturated heterocycles. The van der Waals surface area contributed by atoms with E-state index in [2.05, 4.69) is 15.3 Å². The van der Waals surface area contributed by atoms with Gasteiger partial charge in [-0.1, -0.05) is 37.6 Å². The van der Waals surface area contributed by atoms with Gasteiger partial charge in [0.2, 0.25) is 0 Å². The smallest absolute Gasteiger partial charge is 0.318 e. The minimum Gasteiger partial charge on any atom is -0.331 e. The number of halogens is 1. The van der Waals surface area contributed by atoms with E-state index in [-0.39, 0.29) is 30.1 Å². The summed E-state index contributed by atoms with van der Waals surface area (Å²) in [5.41, 5.74) is 1.45. The van der Waals surface area contributed by atoms with E-state index in [1.807, 2.05) is 43.5 Å². The molecule has 8 heteroatoms. The van der Waals surface area contributed by atoms with Crippen LogP contribution in [0.2, 0.25) is 5.02 Å². The molecule has 0 aliphatic carbocycles. The van der Waals surface area contributed by atoms with Gasteiger partial charge in [0.15, 0.2) is 0 Å². The van der Waals surface area contributed by atoms with Crippen molar-refractivity contribution in [1.29, 1.82) is 0 Å². The van der Waals surface area contributed by atoms with Gasteiger partial charge >= 0.3 is 6.03 Å². The maximum atomic E-state index is 12.7. The lowest BCUT2D eigenvalue weighted by molar-refractivity contribution is 0.197. The molecule has 3 rings (SSSR count). The summed E-state index contributed by atoms with van der Waals surface area (Å²) in [5, 5.41) is 5.53. The van der Waals surface area contributed by atoms with Crippen LogP contribution >= 0.6 is 22.9 Å². The molecule has 0 saturated carbocycles. The Kier molecular flexibility index (Phi) is 5.82. The van der Waals surface area contributed by atoms with E-state index in [0.717, 1.165) is 5.56 Å². The number of benzene rings is 1. The lowest BCUT2D eigenvalue weighted by Crippen LogP contribution is -2.41. The van der Waals surface area contributed by atoms with Gasteiger partial charge < -0.3 is 15.2 Å². The number of thiophene rings is 1. The number of carbonyl (C=O) groups is 1. The molecule has 2 aromatic heterocycles. The van der Waals surface area contributed by atoms with Crippen molar-refractivity contribution in [3.63, 3.8) is 0 Å². The molecule has 0 fully saturated rings. The normalized spacial score (nSPS) is 12.3. The lowest BCUT2D eigenvalue weighted by Gasteiger charge is -2.26. The fourth-order valence-electron chi connectivity index (χ4n) is 2.84. The highest BCUT2D eigenvalue weighted by Gasteiger charge is 2.21. The third-order valence-electron chi connectivity index (χ3n) is 4.27. The molecule has 27 heavy (non-hydrogen) atoms. The second-order valence-corrected chi connectivity index (χ2v) is 8.08. The number of fused-ring (bicyclic) bond motifs is 1. The Morgan fingerprint density at radius 1 is 1.30 bits per heavy atom. The van der Waals surface area contributed by atoms with Crippen LogP contribution in [0.1, 0.15) is 31.3 Å². The van der Waals surface area contributed by atoms with E-state index in [1.54, 1.807) is 13.1 Å². The second-order valence-electron chi connectivity index (χ2n) is 6.73. The van der Waals surface area contributed by atoms with Crippen LogP contribution in [0.3, 0.4) is 0 Å². The highest BCUT2D eigenvalue weighted by Crippen LogP contribution is 2.23. The summed E-state index contributed by atoms with van der Waals surface area (Å²) in [6, 6.07) is 8.86. The van der Waals surface area contributed by atoms with Gasteiger partial charge in [0, 0.05) is 12.1 Å². The highest BCUT2D eigenvalue weighted by molar-refractivity contribution is 7.17. The molecule has 0 aliphatic heterocycles. The molecule has 0 radical (unpaired) electrons. The van der Waals surface area contributed by atoms with Crippen LogP contribution < -0.4 is 10.9 Å². The van der Waals surface area contributed by atoms with Crippen molar-refractivity contribution in [2.45, 2.75) is 26.4 Å². The molecule has 2 N–H and O–H groups in total. The molecule has 142 valence electrons. The number of hydrogen-bond acceptors (Lipinski definition) is 4. The molecule has 0 spiro atoms. The van der Waals surface area contributed by atoms with Crippen molar-refractivity contribution >= 4 is 39.2 Å². The molecule has 3 aromatic rings. The van der Waals surface area contributed by atoms with Crippen molar-refractivity contribution < 1.29 is 4.79 Å². The number of rotatable bonds is 5. The Morgan fingerprint density at radius 2 is 2.00 bits per heavy atom. The maximum absolute atomic E-state index is 12.7. The number of amides is 2. The fourth-order valence-corrected chi connectivity index (χ4v) is 3.69. The van der Waals surface area contributed by atoms with E-state index >= 15 is 0 Å². The summed E-state index contributed by atoms with van der Waals surface area (Å²) in [4.78, 5) is 33.4. The summed E-state index contributed by atoms with van der Waals surface area (Å²) in [7, 11) is 1.67. The van der Waals surface area contributed by atoms with Crippen molar-refractivity contribution in [2.75, 3.05) is 7.05 Å². The van der Waals surface area contributed by atoms with Gasteiger partial charge in [0.1, 0.15) is 10.5 Å². The first kappa shape index (κ1) is 19.4. The lowest BCUT2D eigenvalue weighted by atomic mass is 9.96. The Balaban J connectivity index is 1.73. The van der Waals surface area contributed by atoms with Gasteiger partial charge in [-0.15, -0.1) is 11.3 Å². The zero-order valence-corrected chi connectivity index (χ0v) is 16.9. The average molecular weight is 405 g/mol. The molecular formula is C19H21ClN4O2S. The van der Waals surface area contributed by atoms with Crippen molar-refractivity contribution in [1.82, 2.24) is 20.2 Å². The standard InChI is InChI=1S/C19H21ClN4O2S/c1-11(2)16(12-4-6-13(20)7-5-12)23-19(26)24(3)10-15-21-14-8-9-27-17(14)18(25)22-15/h4-9,11,16H,10H2,1-3H3,(H,23,26)(H,21,22,25). The number of aromatic nitrogens is 2. The maximum Gasteiger partial charge on any atom is 0.318 e. The topological polar surface area (TPSA) is 78.1 Å². The Morgan fingerprint density at radius 3 is 2.67 bits per heavy atom. The molecule has 2 amide bonds. The van der Waals surface area contributed by atoms with E-state index in [1.165, 1.54) is 16.2 Å². The van der Waals surface area contributed by atoms with Gasteiger partial charge in [0.05, 0.1) is 18.1 Å². The fraction of sp³-hybridized carbons (Fsp3) is 0.316. The quantitative estimate of drug-likeness (QED) is 0.669. The van der Waals surface area contributed by atoms with Crippen LogP contribution in [0.25, 0.3) is 10.2 Å². The van der Waals surface area contributed by atoms with E-state index in [0.29, 0.717) is 21.1 Å². The Bertz CT molecular complexity index is 997. The summed E-state index contributed by atoms with van der Waals surface area (Å²) in [6.45, 7) is 4.30. The Hall–Kier alpha value is -2.38. The minimum atomic E-state index is -0.239. The van der Waals surface area contributed by atoms with Crippen LogP contribution in [-0.2, 0) is 6.54 Å². The average Bonchev–Trinajstić information content (AvgIpc) is 3.09. The molecule has 0 aliphatic rings. The number of aromatic amines is 1. The number of hydrogen-bond donors (Lipinski definition) is 2. The van der Waals surface area contributed by atoms with E-state index in [9.17, 15) is 9.59 Å². The van der Waals surface area contributed by atoms with Gasteiger partial charge in [-0.2, -0.15) is 0 Å². The Labute approximate surface area is 166 Å². The number of nitrogens with one attached hydrogen (secondary N) is 2. The van der Waals surface area contributed by atoms with E-state index in [4.69, 9.17) is 11.6 Å². The highest BCUT2D eigenvalue weighted by atomic mass is 35.5. The molecule has 1 aromatic carbocycles. The zero-order valence-electron chi connectivity index (χ0n) is 15.3. The summed E-state index contributed by atoms with van der Waals surface area (Å²) in [6.07, 6.45) is 0. The zero-order chi connectivity index (χ0) is 19.6. The molecule has 2 heterocycles. The third-order valence-corrected chi connectivity index (χ3v) is 5.43. The van der Waals surface area contributed by atoms with Crippen molar-refractivity contribution in [2.24, 2.45) is 5.92 Å².